The molecule has 39 heavy (non-hydrogen) atoms. The Morgan fingerprint density at radius 2 is 1.79 bits per heavy atom. The molecule has 0 radical (unpaired) electrons. The Labute approximate surface area is 233 Å². The van der Waals surface area contributed by atoms with Gasteiger partial charge in [-0.3, -0.25) is 4.79 Å². The summed E-state index contributed by atoms with van der Waals surface area (Å²) in [6, 6.07) is 19.0. The van der Waals surface area contributed by atoms with Gasteiger partial charge in [-0.1, -0.05) is 36.4 Å². The van der Waals surface area contributed by atoms with Crippen LogP contribution in [0.4, 0.5) is 5.69 Å². The molecule has 0 aliphatic heterocycles. The Morgan fingerprint density at radius 1 is 1.05 bits per heavy atom. The van der Waals surface area contributed by atoms with E-state index < -0.39 is 17.3 Å². The number of nitrogens with one attached hydrogen (secondary N) is 1. The molecule has 4 aromatic rings. The number of aryl methyl sites for hydroxylation is 1. The highest BCUT2D eigenvalue weighted by Crippen LogP contribution is 2.31. The van der Waals surface area contributed by atoms with E-state index in [0.29, 0.717) is 17.9 Å². The second kappa shape index (κ2) is 11.9. The summed E-state index contributed by atoms with van der Waals surface area (Å²) in [6.45, 7) is 6.82. The van der Waals surface area contributed by atoms with Crippen molar-refractivity contribution in [1.82, 2.24) is 9.55 Å². The number of carboxylic acids is 1. The van der Waals surface area contributed by atoms with E-state index in [4.69, 9.17) is 5.73 Å². The van der Waals surface area contributed by atoms with Crippen molar-refractivity contribution in [2.75, 3.05) is 17.3 Å². The Hall–Kier alpha value is -3.88. The number of carboxylic acid groups (broad SMARTS) is 1. The lowest BCUT2D eigenvalue weighted by molar-refractivity contribution is -0.141. The van der Waals surface area contributed by atoms with Gasteiger partial charge in [0.1, 0.15) is 0 Å². The maximum absolute atomic E-state index is 13.6. The van der Waals surface area contributed by atoms with Crippen LogP contribution in [0.3, 0.4) is 0 Å². The van der Waals surface area contributed by atoms with Crippen molar-refractivity contribution in [3.05, 3.63) is 101 Å². The number of Topliss-reactive ketones (excluding diaryl/α,β-unsaturated/α-hetero) is 1. The first kappa shape index (κ1) is 28.1. The molecule has 0 bridgehead atoms. The summed E-state index contributed by atoms with van der Waals surface area (Å²) < 4.78 is 2.03. The summed E-state index contributed by atoms with van der Waals surface area (Å²) in [5.41, 5.74) is 12.4. The maximum atomic E-state index is 13.6. The molecular formula is C31H34N4O3S. The van der Waals surface area contributed by atoms with Crippen molar-refractivity contribution < 1.29 is 14.7 Å². The highest BCUT2D eigenvalue weighted by molar-refractivity contribution is 7.98. The van der Waals surface area contributed by atoms with Crippen LogP contribution in [0.15, 0.2) is 73.2 Å². The number of hydrogen-bond acceptors (Lipinski definition) is 6. The first-order valence-corrected chi connectivity index (χ1v) is 14.1. The van der Waals surface area contributed by atoms with Gasteiger partial charge in [0.2, 0.25) is 0 Å². The van der Waals surface area contributed by atoms with Crippen LogP contribution < -0.4 is 11.1 Å². The number of aromatic nitrogens is 2. The first-order valence-electron chi connectivity index (χ1n) is 12.7. The normalized spacial score (nSPS) is 12.6. The molecule has 8 heteroatoms. The predicted octanol–water partition coefficient (Wildman–Crippen LogP) is 5.79. The minimum atomic E-state index is -2.00. The summed E-state index contributed by atoms with van der Waals surface area (Å²) in [5.74, 6) is -1.46. The number of rotatable bonds is 11. The highest BCUT2D eigenvalue weighted by Gasteiger charge is 2.43. The van der Waals surface area contributed by atoms with Crippen molar-refractivity contribution in [3.63, 3.8) is 0 Å². The third-order valence-electron chi connectivity index (χ3n) is 7.25. The Kier molecular flexibility index (Phi) is 8.57. The lowest BCUT2D eigenvalue weighted by atomic mass is 9.84. The molecule has 1 heterocycles. The summed E-state index contributed by atoms with van der Waals surface area (Å²) in [7, 11) is 0. The Balaban J connectivity index is 1.62. The zero-order chi connectivity index (χ0) is 28.2. The maximum Gasteiger partial charge on any atom is 0.331 e. The number of aliphatic carboxylic acids is 1. The minimum absolute atomic E-state index is 0.0409. The molecule has 0 saturated carbocycles. The van der Waals surface area contributed by atoms with Gasteiger partial charge in [0.15, 0.2) is 11.3 Å². The van der Waals surface area contributed by atoms with E-state index in [1.54, 1.807) is 12.1 Å². The van der Waals surface area contributed by atoms with E-state index in [1.165, 1.54) is 28.5 Å². The lowest BCUT2D eigenvalue weighted by Crippen LogP contribution is -2.55. The van der Waals surface area contributed by atoms with Gasteiger partial charge in [0.05, 0.1) is 18.6 Å². The average molecular weight is 543 g/mol. The molecule has 0 aliphatic rings. The second-order valence-electron chi connectivity index (χ2n) is 9.75. The molecule has 1 atom stereocenters. The third-order valence-corrected chi connectivity index (χ3v) is 7.87. The molecule has 7 nitrogen and oxygen atoms in total. The topological polar surface area (TPSA) is 110 Å². The first-order chi connectivity index (χ1) is 18.7. The molecule has 0 saturated heterocycles. The molecule has 4 rings (SSSR count). The van der Waals surface area contributed by atoms with Gasteiger partial charge in [0, 0.05) is 23.1 Å². The number of nitrogens with two attached hydrogens (primary N) is 1. The molecule has 0 aliphatic carbocycles. The molecular weight excluding hydrogens is 508 g/mol. The molecule has 0 spiro atoms. The SMILES string of the molecule is CSCCC(N)(C(=O)O)C(=O)c1ccc(NCc2cn(-c3ccc(C)c(C)c3C)cn2)cc1-c1ccccc1. The van der Waals surface area contributed by atoms with Crippen LogP contribution >= 0.6 is 11.8 Å². The van der Waals surface area contributed by atoms with Crippen LogP contribution in [-0.4, -0.2) is 44.0 Å². The number of thioether (sulfide) groups is 1. The second-order valence-corrected chi connectivity index (χ2v) is 10.7. The standard InChI is InChI=1S/C31H34N4O3S/c1-20-10-13-28(22(3)21(20)2)35-18-25(34-19-35)17-33-24-11-12-26(27(16-24)23-8-6-5-7-9-23)29(36)31(32,30(37)38)14-15-39-4/h5-13,16,18-19,33H,14-15,17,32H2,1-4H3,(H,37,38). The van der Waals surface area contributed by atoms with Crippen LogP contribution in [0.2, 0.25) is 0 Å². The zero-order valence-electron chi connectivity index (χ0n) is 22.7. The number of anilines is 1. The van der Waals surface area contributed by atoms with Gasteiger partial charge >= 0.3 is 5.97 Å². The summed E-state index contributed by atoms with van der Waals surface area (Å²) in [4.78, 5) is 30.2. The number of benzene rings is 3. The fraction of sp³-hybridized carbons (Fsp3) is 0.258. The zero-order valence-corrected chi connectivity index (χ0v) is 23.5. The van der Waals surface area contributed by atoms with Crippen LogP contribution in [0, 0.1) is 20.8 Å². The van der Waals surface area contributed by atoms with E-state index in [-0.39, 0.29) is 12.0 Å². The number of ketones is 1. The monoisotopic (exact) mass is 542 g/mol. The van der Waals surface area contributed by atoms with Crippen molar-refractivity contribution in [2.24, 2.45) is 5.73 Å². The summed E-state index contributed by atoms with van der Waals surface area (Å²) in [5, 5.41) is 13.3. The summed E-state index contributed by atoms with van der Waals surface area (Å²) in [6.07, 6.45) is 5.71. The van der Waals surface area contributed by atoms with Gasteiger partial charge < -0.3 is 20.7 Å². The molecule has 1 unspecified atom stereocenters. The van der Waals surface area contributed by atoms with Crippen molar-refractivity contribution >= 4 is 29.2 Å². The van der Waals surface area contributed by atoms with E-state index in [9.17, 15) is 14.7 Å². The third kappa shape index (κ3) is 5.92. The van der Waals surface area contributed by atoms with Gasteiger partial charge in [-0.05, 0) is 91.3 Å². The average Bonchev–Trinajstić information content (AvgIpc) is 3.42. The van der Waals surface area contributed by atoms with E-state index in [0.717, 1.165) is 22.6 Å². The van der Waals surface area contributed by atoms with E-state index in [1.807, 2.05) is 59.7 Å². The van der Waals surface area contributed by atoms with E-state index >= 15 is 0 Å². The molecule has 202 valence electrons. The van der Waals surface area contributed by atoms with Crippen LogP contribution in [-0.2, 0) is 11.3 Å². The number of hydrogen-bond donors (Lipinski definition) is 3. The van der Waals surface area contributed by atoms with Gasteiger partial charge in [-0.25, -0.2) is 9.78 Å². The molecule has 1 aromatic heterocycles. The van der Waals surface area contributed by atoms with Crippen LogP contribution in [0.1, 0.15) is 39.2 Å². The van der Waals surface area contributed by atoms with Gasteiger partial charge in [-0.15, -0.1) is 0 Å². The number of imidazole rings is 1. The van der Waals surface area contributed by atoms with Crippen LogP contribution in [0.5, 0.6) is 0 Å². The van der Waals surface area contributed by atoms with Crippen molar-refractivity contribution in [3.8, 4) is 16.8 Å². The van der Waals surface area contributed by atoms with Crippen molar-refractivity contribution in [1.29, 1.82) is 0 Å². The lowest BCUT2D eigenvalue weighted by Gasteiger charge is -2.24. The number of carbonyl (C=O) groups excluding carboxylic acids is 1. The molecule has 0 amide bonds. The van der Waals surface area contributed by atoms with Gasteiger partial charge in [0.25, 0.3) is 0 Å². The van der Waals surface area contributed by atoms with Crippen molar-refractivity contribution in [2.45, 2.75) is 39.3 Å². The minimum Gasteiger partial charge on any atom is -0.480 e. The van der Waals surface area contributed by atoms with Gasteiger partial charge in [-0.2, -0.15) is 11.8 Å². The fourth-order valence-corrected chi connectivity index (χ4v) is 5.06. The Morgan fingerprint density at radius 3 is 2.49 bits per heavy atom. The van der Waals surface area contributed by atoms with Crippen LogP contribution in [0.25, 0.3) is 16.8 Å². The predicted molar refractivity (Wildman–Crippen MR) is 159 cm³/mol. The summed E-state index contributed by atoms with van der Waals surface area (Å²) >= 11 is 1.45. The highest BCUT2D eigenvalue weighted by atomic mass is 32.2. The van der Waals surface area contributed by atoms with E-state index in [2.05, 4.69) is 43.2 Å². The molecule has 0 fully saturated rings. The fourth-order valence-electron chi connectivity index (χ4n) is 4.53. The molecule has 4 N–H and O–H groups in total. The Bertz CT molecular complexity index is 1500. The quantitative estimate of drug-likeness (QED) is 0.162. The number of nitrogens with zero attached hydrogens (tertiary/aromatic N) is 2. The smallest absolute Gasteiger partial charge is 0.331 e. The molecule has 3 aromatic carbocycles. The number of carbonyl (C=O) groups is 2. The largest absolute Gasteiger partial charge is 0.480 e.